The third-order valence-electron chi connectivity index (χ3n) is 5.54. The van der Waals surface area contributed by atoms with Crippen LogP contribution in [0.1, 0.15) is 70.4 Å². The lowest BCUT2D eigenvalue weighted by molar-refractivity contribution is -0.941. The quantitative estimate of drug-likeness (QED) is 0.392. The maximum absolute atomic E-state index is 2.44. The highest BCUT2D eigenvalue weighted by Gasteiger charge is 2.26. The standard InChI is InChI=1S/C24H38N/c1-5-8-15-25(16-9-6-2,17-10-7-3)20-22-12-14-23-18-21(4)11-13-24(23)19-22/h11-14,18-19H,5-10,15-17,20H2,1-4H3/q+1. The number of hydrogen-bond donors (Lipinski definition) is 0. The highest BCUT2D eigenvalue weighted by atomic mass is 15.3. The van der Waals surface area contributed by atoms with E-state index in [1.165, 1.54) is 91.1 Å². The summed E-state index contributed by atoms with van der Waals surface area (Å²) in [6.45, 7) is 14.4. The van der Waals surface area contributed by atoms with E-state index < -0.39 is 0 Å². The summed E-state index contributed by atoms with van der Waals surface area (Å²) >= 11 is 0. The van der Waals surface area contributed by atoms with Crippen LogP contribution in [0, 0.1) is 6.92 Å². The first-order valence-corrected chi connectivity index (χ1v) is 10.5. The number of unbranched alkanes of at least 4 members (excludes halogenated alkanes) is 3. The number of quaternary nitrogens is 1. The van der Waals surface area contributed by atoms with Crippen LogP contribution in [0.2, 0.25) is 0 Å². The van der Waals surface area contributed by atoms with Gasteiger partial charge in [-0.05, 0) is 43.0 Å². The van der Waals surface area contributed by atoms with Gasteiger partial charge in [0.05, 0.1) is 19.6 Å². The van der Waals surface area contributed by atoms with Gasteiger partial charge in [-0.2, -0.15) is 0 Å². The molecule has 0 radical (unpaired) electrons. The summed E-state index contributed by atoms with van der Waals surface area (Å²) in [7, 11) is 0. The molecule has 0 saturated heterocycles. The Labute approximate surface area is 155 Å². The number of rotatable bonds is 11. The van der Waals surface area contributed by atoms with Gasteiger partial charge in [0.15, 0.2) is 0 Å². The fourth-order valence-electron chi connectivity index (χ4n) is 3.95. The third kappa shape index (κ3) is 5.85. The second kappa shape index (κ2) is 9.97. The minimum absolute atomic E-state index is 1.20. The fourth-order valence-corrected chi connectivity index (χ4v) is 3.95. The van der Waals surface area contributed by atoms with Crippen molar-refractivity contribution >= 4 is 10.8 Å². The normalized spacial score (nSPS) is 12.0. The molecule has 2 rings (SSSR count). The van der Waals surface area contributed by atoms with Crippen molar-refractivity contribution < 1.29 is 4.48 Å². The minimum Gasteiger partial charge on any atom is -0.320 e. The van der Waals surface area contributed by atoms with E-state index in [9.17, 15) is 0 Å². The Morgan fingerprint density at radius 3 is 1.76 bits per heavy atom. The molecule has 0 bridgehead atoms. The average molecular weight is 341 g/mol. The molecule has 0 heterocycles. The summed E-state index contributed by atoms with van der Waals surface area (Å²) in [6, 6.07) is 14.0. The minimum atomic E-state index is 1.20. The molecule has 0 unspecified atom stereocenters. The van der Waals surface area contributed by atoms with Crippen molar-refractivity contribution in [2.75, 3.05) is 19.6 Å². The maximum Gasteiger partial charge on any atom is 0.104 e. The van der Waals surface area contributed by atoms with Gasteiger partial charge in [-0.15, -0.1) is 0 Å². The molecule has 2 aromatic carbocycles. The molecule has 0 N–H and O–H groups in total. The lowest BCUT2D eigenvalue weighted by atomic mass is 10.0. The molecule has 138 valence electrons. The van der Waals surface area contributed by atoms with E-state index in [0.717, 1.165) is 0 Å². The monoisotopic (exact) mass is 340 g/mol. The number of benzene rings is 2. The van der Waals surface area contributed by atoms with Crippen LogP contribution in [0.15, 0.2) is 36.4 Å². The molecule has 0 aliphatic carbocycles. The molecule has 0 aromatic heterocycles. The molecule has 0 fully saturated rings. The van der Waals surface area contributed by atoms with Crippen molar-refractivity contribution in [1.82, 2.24) is 0 Å². The van der Waals surface area contributed by atoms with Crippen molar-refractivity contribution in [3.05, 3.63) is 47.5 Å². The summed E-state index contributed by atoms with van der Waals surface area (Å²) in [4.78, 5) is 0. The molecule has 1 heteroatoms. The molecule has 0 aliphatic heterocycles. The summed E-state index contributed by atoms with van der Waals surface area (Å²) in [5, 5.41) is 2.76. The summed E-state index contributed by atoms with van der Waals surface area (Å²) in [5.74, 6) is 0. The molecule has 25 heavy (non-hydrogen) atoms. The highest BCUT2D eigenvalue weighted by Crippen LogP contribution is 2.23. The van der Waals surface area contributed by atoms with Crippen LogP contribution in [0.25, 0.3) is 10.8 Å². The first-order chi connectivity index (χ1) is 12.1. The van der Waals surface area contributed by atoms with Crippen LogP contribution in [0.4, 0.5) is 0 Å². The van der Waals surface area contributed by atoms with Gasteiger partial charge >= 0.3 is 0 Å². The van der Waals surface area contributed by atoms with E-state index in [2.05, 4.69) is 64.1 Å². The van der Waals surface area contributed by atoms with E-state index >= 15 is 0 Å². The zero-order chi connectivity index (χ0) is 18.1. The molecule has 2 aromatic rings. The van der Waals surface area contributed by atoms with Crippen LogP contribution in [0.3, 0.4) is 0 Å². The summed E-state index contributed by atoms with van der Waals surface area (Å²) in [5.41, 5.74) is 2.86. The first-order valence-electron chi connectivity index (χ1n) is 10.5. The second-order valence-corrected chi connectivity index (χ2v) is 7.92. The second-order valence-electron chi connectivity index (χ2n) is 7.92. The molecular formula is C24H38N+. The molecule has 0 atom stereocenters. The maximum atomic E-state index is 2.44. The fraction of sp³-hybridized carbons (Fsp3) is 0.583. The number of aryl methyl sites for hydroxylation is 1. The zero-order valence-electron chi connectivity index (χ0n) is 17.0. The Kier molecular flexibility index (Phi) is 7.96. The van der Waals surface area contributed by atoms with Crippen molar-refractivity contribution in [1.29, 1.82) is 0 Å². The Balaban J connectivity index is 2.27. The van der Waals surface area contributed by atoms with Gasteiger partial charge in [0.25, 0.3) is 0 Å². The van der Waals surface area contributed by atoms with Gasteiger partial charge < -0.3 is 4.48 Å². The number of nitrogens with zero attached hydrogens (tertiary/aromatic N) is 1. The van der Waals surface area contributed by atoms with Gasteiger partial charge in [0.1, 0.15) is 6.54 Å². The van der Waals surface area contributed by atoms with Gasteiger partial charge in [-0.25, -0.2) is 0 Å². The van der Waals surface area contributed by atoms with E-state index in [1.54, 1.807) is 0 Å². The van der Waals surface area contributed by atoms with Gasteiger partial charge in [-0.3, -0.25) is 0 Å². The predicted octanol–water partition coefficient (Wildman–Crippen LogP) is 6.87. The Morgan fingerprint density at radius 1 is 0.680 bits per heavy atom. The van der Waals surface area contributed by atoms with Crippen LogP contribution in [-0.2, 0) is 6.54 Å². The van der Waals surface area contributed by atoms with Gasteiger partial charge in [0.2, 0.25) is 0 Å². The third-order valence-corrected chi connectivity index (χ3v) is 5.54. The number of hydrogen-bond acceptors (Lipinski definition) is 0. The van der Waals surface area contributed by atoms with E-state index in [4.69, 9.17) is 0 Å². The molecule has 0 amide bonds. The van der Waals surface area contributed by atoms with Crippen LogP contribution in [0.5, 0.6) is 0 Å². The Bertz CT molecular complexity index is 622. The molecular weight excluding hydrogens is 302 g/mol. The zero-order valence-corrected chi connectivity index (χ0v) is 17.0. The first kappa shape index (κ1) is 20.0. The highest BCUT2D eigenvalue weighted by molar-refractivity contribution is 5.83. The van der Waals surface area contributed by atoms with Crippen molar-refractivity contribution in [3.63, 3.8) is 0 Å². The van der Waals surface area contributed by atoms with E-state index in [0.29, 0.717) is 0 Å². The summed E-state index contributed by atoms with van der Waals surface area (Å²) in [6.07, 6.45) is 7.94. The van der Waals surface area contributed by atoms with Crippen LogP contribution >= 0.6 is 0 Å². The van der Waals surface area contributed by atoms with Crippen LogP contribution < -0.4 is 0 Å². The lowest BCUT2D eigenvalue weighted by Crippen LogP contribution is -2.49. The van der Waals surface area contributed by atoms with Crippen molar-refractivity contribution in [2.45, 2.75) is 72.8 Å². The number of fused-ring (bicyclic) bond motifs is 1. The van der Waals surface area contributed by atoms with E-state index in [1.807, 2.05) is 0 Å². The van der Waals surface area contributed by atoms with E-state index in [-0.39, 0.29) is 0 Å². The largest absolute Gasteiger partial charge is 0.320 e. The average Bonchev–Trinajstić information content (AvgIpc) is 2.63. The molecule has 1 nitrogen and oxygen atoms in total. The topological polar surface area (TPSA) is 0 Å². The van der Waals surface area contributed by atoms with Crippen molar-refractivity contribution in [2.24, 2.45) is 0 Å². The van der Waals surface area contributed by atoms with Crippen molar-refractivity contribution in [3.8, 4) is 0 Å². The smallest absolute Gasteiger partial charge is 0.104 e. The van der Waals surface area contributed by atoms with Gasteiger partial charge in [0, 0.05) is 5.56 Å². The van der Waals surface area contributed by atoms with Crippen LogP contribution in [-0.4, -0.2) is 24.1 Å². The molecule has 0 aliphatic rings. The lowest BCUT2D eigenvalue weighted by Gasteiger charge is -2.39. The summed E-state index contributed by atoms with van der Waals surface area (Å²) < 4.78 is 1.28. The van der Waals surface area contributed by atoms with Gasteiger partial charge in [-0.1, -0.05) is 75.9 Å². The SMILES string of the molecule is CCCC[N+](CCCC)(CCCC)Cc1ccc2cc(C)ccc2c1. The molecule has 0 saturated carbocycles. The molecule has 0 spiro atoms. The Morgan fingerprint density at radius 2 is 1.20 bits per heavy atom. The Hall–Kier alpha value is -1.34. The predicted molar refractivity (Wildman–Crippen MR) is 112 cm³/mol.